The highest BCUT2D eigenvalue weighted by Gasteiger charge is 2.07. The summed E-state index contributed by atoms with van der Waals surface area (Å²) in [6.07, 6.45) is 2.72. The molecule has 0 radical (unpaired) electrons. The van der Waals surface area contributed by atoms with Crippen LogP contribution in [0.15, 0.2) is 42.5 Å². The molecule has 3 heteroatoms. The van der Waals surface area contributed by atoms with Crippen LogP contribution in [0.5, 0.6) is 0 Å². The Hall–Kier alpha value is -1.84. The standard InChI is InChI=1S/C18H21NO2/c20-11-5-13-21-12-4-7-14-6-3-9-16-15-8-1-2-10-17(15)19-18(14)16/h1-3,6,8-10,19-20H,4-5,7,11-13H2. The van der Waals surface area contributed by atoms with Crippen LogP contribution in [0.4, 0.5) is 0 Å². The SMILES string of the molecule is OCCCOCCCc1cccc2c1[nH]c1ccccc12. The Labute approximate surface area is 124 Å². The summed E-state index contributed by atoms with van der Waals surface area (Å²) in [4.78, 5) is 3.53. The van der Waals surface area contributed by atoms with Crippen LogP contribution in [-0.2, 0) is 11.2 Å². The molecule has 2 N–H and O–H groups in total. The van der Waals surface area contributed by atoms with Gasteiger partial charge in [-0.2, -0.15) is 0 Å². The summed E-state index contributed by atoms with van der Waals surface area (Å²) < 4.78 is 5.50. The second-order valence-corrected chi connectivity index (χ2v) is 5.30. The van der Waals surface area contributed by atoms with Crippen molar-refractivity contribution in [1.29, 1.82) is 0 Å². The predicted molar refractivity (Wildman–Crippen MR) is 86.6 cm³/mol. The van der Waals surface area contributed by atoms with Crippen LogP contribution in [0.1, 0.15) is 18.4 Å². The van der Waals surface area contributed by atoms with E-state index >= 15 is 0 Å². The zero-order chi connectivity index (χ0) is 14.5. The zero-order valence-electron chi connectivity index (χ0n) is 12.1. The lowest BCUT2D eigenvalue weighted by Crippen LogP contribution is -2.00. The van der Waals surface area contributed by atoms with Crippen molar-refractivity contribution in [3.8, 4) is 0 Å². The second kappa shape index (κ2) is 6.74. The fourth-order valence-electron chi connectivity index (χ4n) is 2.78. The van der Waals surface area contributed by atoms with E-state index in [0.29, 0.717) is 6.61 Å². The third-order valence-electron chi connectivity index (χ3n) is 3.81. The largest absolute Gasteiger partial charge is 0.396 e. The van der Waals surface area contributed by atoms with Crippen LogP contribution in [0.2, 0.25) is 0 Å². The van der Waals surface area contributed by atoms with E-state index in [1.807, 2.05) is 0 Å². The summed E-state index contributed by atoms with van der Waals surface area (Å²) >= 11 is 0. The number of benzene rings is 2. The van der Waals surface area contributed by atoms with Gasteiger partial charge < -0.3 is 14.8 Å². The molecule has 0 bridgehead atoms. The molecule has 0 unspecified atom stereocenters. The van der Waals surface area contributed by atoms with Gasteiger partial charge in [0.15, 0.2) is 0 Å². The van der Waals surface area contributed by atoms with Gasteiger partial charge in [-0.15, -0.1) is 0 Å². The van der Waals surface area contributed by atoms with E-state index in [0.717, 1.165) is 25.9 Å². The first-order chi connectivity index (χ1) is 10.4. The molecule has 3 aromatic rings. The normalized spacial score (nSPS) is 11.5. The molecule has 1 heterocycles. The third kappa shape index (κ3) is 3.09. The highest BCUT2D eigenvalue weighted by Crippen LogP contribution is 2.27. The highest BCUT2D eigenvalue weighted by molar-refractivity contribution is 6.08. The Morgan fingerprint density at radius 1 is 0.905 bits per heavy atom. The maximum atomic E-state index is 8.70. The number of H-pyrrole nitrogens is 1. The molecule has 110 valence electrons. The van der Waals surface area contributed by atoms with Gasteiger partial charge in [0, 0.05) is 41.6 Å². The van der Waals surface area contributed by atoms with E-state index in [-0.39, 0.29) is 6.61 Å². The molecule has 0 saturated carbocycles. The fourth-order valence-corrected chi connectivity index (χ4v) is 2.78. The molecule has 0 aliphatic heterocycles. The fraction of sp³-hybridized carbons (Fsp3) is 0.333. The average Bonchev–Trinajstić information content (AvgIpc) is 2.90. The smallest absolute Gasteiger partial charge is 0.0497 e. The Kier molecular flexibility index (Phi) is 4.53. The third-order valence-corrected chi connectivity index (χ3v) is 3.81. The van der Waals surface area contributed by atoms with Crippen LogP contribution in [0.25, 0.3) is 21.8 Å². The number of aliphatic hydroxyl groups is 1. The van der Waals surface area contributed by atoms with Gasteiger partial charge in [0.25, 0.3) is 0 Å². The minimum Gasteiger partial charge on any atom is -0.396 e. The molecular weight excluding hydrogens is 262 g/mol. The summed E-state index contributed by atoms with van der Waals surface area (Å²) in [6, 6.07) is 14.9. The lowest BCUT2D eigenvalue weighted by Gasteiger charge is -2.05. The van der Waals surface area contributed by atoms with Crippen molar-refractivity contribution < 1.29 is 9.84 Å². The number of hydrogen-bond acceptors (Lipinski definition) is 2. The number of rotatable bonds is 7. The molecule has 1 aromatic heterocycles. The number of fused-ring (bicyclic) bond motifs is 3. The van der Waals surface area contributed by atoms with Crippen molar-refractivity contribution >= 4 is 21.8 Å². The Bertz CT molecular complexity index is 717. The van der Waals surface area contributed by atoms with E-state index < -0.39 is 0 Å². The first kappa shape index (κ1) is 14.1. The van der Waals surface area contributed by atoms with Crippen LogP contribution >= 0.6 is 0 Å². The number of para-hydroxylation sites is 2. The van der Waals surface area contributed by atoms with E-state index in [2.05, 4.69) is 47.4 Å². The predicted octanol–water partition coefficient (Wildman–Crippen LogP) is 3.65. The average molecular weight is 283 g/mol. The van der Waals surface area contributed by atoms with E-state index in [1.165, 1.54) is 27.4 Å². The summed E-state index contributed by atoms with van der Waals surface area (Å²) in [6.45, 7) is 1.60. The Morgan fingerprint density at radius 3 is 2.62 bits per heavy atom. The van der Waals surface area contributed by atoms with Gasteiger partial charge in [-0.1, -0.05) is 36.4 Å². The maximum absolute atomic E-state index is 8.70. The monoisotopic (exact) mass is 283 g/mol. The van der Waals surface area contributed by atoms with Crippen molar-refractivity contribution in [2.24, 2.45) is 0 Å². The maximum Gasteiger partial charge on any atom is 0.0497 e. The van der Waals surface area contributed by atoms with Gasteiger partial charge in [-0.05, 0) is 30.9 Å². The van der Waals surface area contributed by atoms with Gasteiger partial charge in [-0.3, -0.25) is 0 Å². The molecule has 2 aromatic carbocycles. The van der Waals surface area contributed by atoms with Crippen LogP contribution in [0.3, 0.4) is 0 Å². The van der Waals surface area contributed by atoms with Crippen molar-refractivity contribution in [1.82, 2.24) is 4.98 Å². The van der Waals surface area contributed by atoms with Gasteiger partial charge >= 0.3 is 0 Å². The number of aryl methyl sites for hydroxylation is 1. The minimum absolute atomic E-state index is 0.203. The van der Waals surface area contributed by atoms with Crippen LogP contribution < -0.4 is 0 Å². The number of hydrogen-bond donors (Lipinski definition) is 2. The molecule has 21 heavy (non-hydrogen) atoms. The zero-order valence-corrected chi connectivity index (χ0v) is 12.1. The molecule has 0 aliphatic carbocycles. The minimum atomic E-state index is 0.203. The summed E-state index contributed by atoms with van der Waals surface area (Å²) in [7, 11) is 0. The van der Waals surface area contributed by atoms with Gasteiger partial charge in [0.05, 0.1) is 0 Å². The number of aromatic nitrogens is 1. The van der Waals surface area contributed by atoms with Crippen LogP contribution in [0, 0.1) is 0 Å². The number of aromatic amines is 1. The Balaban J connectivity index is 1.73. The molecule has 3 rings (SSSR count). The topological polar surface area (TPSA) is 45.2 Å². The number of ether oxygens (including phenoxy) is 1. The molecule has 0 aliphatic rings. The first-order valence-electron chi connectivity index (χ1n) is 7.57. The van der Waals surface area contributed by atoms with Gasteiger partial charge in [0.1, 0.15) is 0 Å². The molecule has 0 amide bonds. The van der Waals surface area contributed by atoms with Crippen LogP contribution in [-0.4, -0.2) is 29.9 Å². The quantitative estimate of drug-likeness (QED) is 0.650. The highest BCUT2D eigenvalue weighted by atomic mass is 16.5. The number of aliphatic hydroxyl groups excluding tert-OH is 1. The molecule has 0 spiro atoms. The van der Waals surface area contributed by atoms with Gasteiger partial charge in [-0.25, -0.2) is 0 Å². The van der Waals surface area contributed by atoms with Crippen molar-refractivity contribution in [2.75, 3.05) is 19.8 Å². The summed E-state index contributed by atoms with van der Waals surface area (Å²) in [5, 5.41) is 11.3. The lowest BCUT2D eigenvalue weighted by atomic mass is 10.1. The van der Waals surface area contributed by atoms with Crippen molar-refractivity contribution in [3.05, 3.63) is 48.0 Å². The summed E-state index contributed by atoms with van der Waals surface area (Å²) in [5.41, 5.74) is 3.78. The van der Waals surface area contributed by atoms with Crippen molar-refractivity contribution in [3.63, 3.8) is 0 Å². The van der Waals surface area contributed by atoms with E-state index in [9.17, 15) is 0 Å². The lowest BCUT2D eigenvalue weighted by molar-refractivity contribution is 0.114. The molecule has 0 fully saturated rings. The second-order valence-electron chi connectivity index (χ2n) is 5.30. The Morgan fingerprint density at radius 2 is 1.71 bits per heavy atom. The van der Waals surface area contributed by atoms with E-state index in [1.54, 1.807) is 0 Å². The van der Waals surface area contributed by atoms with Crippen molar-refractivity contribution in [2.45, 2.75) is 19.3 Å². The van der Waals surface area contributed by atoms with E-state index in [4.69, 9.17) is 9.84 Å². The molecule has 0 atom stereocenters. The molecule has 0 saturated heterocycles. The van der Waals surface area contributed by atoms with Gasteiger partial charge in [0.2, 0.25) is 0 Å². The number of nitrogens with one attached hydrogen (secondary N) is 1. The first-order valence-corrected chi connectivity index (χ1v) is 7.57. The molecule has 3 nitrogen and oxygen atoms in total. The molecular formula is C18H21NO2. The summed E-state index contributed by atoms with van der Waals surface area (Å²) in [5.74, 6) is 0.